The molecule has 1 fully saturated rings. The first-order chi connectivity index (χ1) is 7.22. The van der Waals surface area contributed by atoms with E-state index in [0.717, 1.165) is 36.7 Å². The Morgan fingerprint density at radius 2 is 1.93 bits per heavy atom. The molecule has 4 heteroatoms. The highest BCUT2D eigenvalue weighted by Gasteiger charge is 2.18. The van der Waals surface area contributed by atoms with Gasteiger partial charge >= 0.3 is 0 Å². The van der Waals surface area contributed by atoms with E-state index in [1.165, 1.54) is 12.8 Å². The molecule has 1 aliphatic rings. The highest BCUT2D eigenvalue weighted by molar-refractivity contribution is 6.30. The Bertz CT molecular complexity index is 359. The molecule has 0 atom stereocenters. The molecular weight excluding hydrogens is 210 g/mol. The lowest BCUT2D eigenvalue weighted by molar-refractivity contribution is 0.868. The molecule has 3 nitrogen and oxygen atoms in total. The molecule has 0 aliphatic carbocycles. The molecule has 1 aromatic heterocycles. The van der Waals surface area contributed by atoms with Crippen molar-refractivity contribution in [3.8, 4) is 0 Å². The first-order valence-electron chi connectivity index (χ1n) is 5.50. The van der Waals surface area contributed by atoms with E-state index in [0.29, 0.717) is 5.15 Å². The molecule has 2 rings (SSSR count). The Labute approximate surface area is 95.5 Å². The second-order valence-corrected chi connectivity index (χ2v) is 4.28. The third-order valence-electron chi connectivity index (χ3n) is 2.83. The van der Waals surface area contributed by atoms with E-state index in [2.05, 4.69) is 21.8 Å². The average Bonchev–Trinajstić information content (AvgIpc) is 2.75. The largest absolute Gasteiger partial charge is 0.356 e. The molecule has 0 bridgehead atoms. The zero-order valence-electron chi connectivity index (χ0n) is 9.26. The zero-order valence-corrected chi connectivity index (χ0v) is 10.0. The lowest BCUT2D eigenvalue weighted by atomic mass is 10.3. The lowest BCUT2D eigenvalue weighted by Gasteiger charge is -2.19. The minimum atomic E-state index is 0.601. The van der Waals surface area contributed by atoms with Crippen LogP contribution in [-0.4, -0.2) is 23.1 Å². The molecule has 82 valence electrons. The van der Waals surface area contributed by atoms with Gasteiger partial charge in [0.25, 0.3) is 0 Å². The summed E-state index contributed by atoms with van der Waals surface area (Å²) in [4.78, 5) is 11.1. The van der Waals surface area contributed by atoms with Crippen LogP contribution in [0.3, 0.4) is 0 Å². The number of aromatic nitrogens is 2. The van der Waals surface area contributed by atoms with Crippen LogP contribution in [0.2, 0.25) is 5.15 Å². The molecule has 1 aromatic rings. The van der Waals surface area contributed by atoms with E-state index in [-0.39, 0.29) is 0 Å². The van der Waals surface area contributed by atoms with Crippen LogP contribution in [-0.2, 0) is 6.42 Å². The van der Waals surface area contributed by atoms with Crippen LogP contribution in [0.5, 0.6) is 0 Å². The summed E-state index contributed by atoms with van der Waals surface area (Å²) in [7, 11) is 0. The third-order valence-corrected chi connectivity index (χ3v) is 3.20. The number of rotatable bonds is 2. The van der Waals surface area contributed by atoms with Gasteiger partial charge in [0.1, 0.15) is 16.8 Å². The fourth-order valence-electron chi connectivity index (χ4n) is 1.92. The van der Waals surface area contributed by atoms with E-state index < -0.39 is 0 Å². The molecule has 0 saturated carbocycles. The predicted molar refractivity (Wildman–Crippen MR) is 62.6 cm³/mol. The fourth-order valence-corrected chi connectivity index (χ4v) is 2.10. The first kappa shape index (κ1) is 10.7. The summed E-state index contributed by atoms with van der Waals surface area (Å²) in [6, 6.07) is 0. The van der Waals surface area contributed by atoms with Gasteiger partial charge in [0.15, 0.2) is 0 Å². The molecule has 0 unspecified atom stereocenters. The fraction of sp³-hybridized carbons (Fsp3) is 0.636. The summed E-state index contributed by atoms with van der Waals surface area (Å²) in [6.45, 7) is 6.23. The summed E-state index contributed by atoms with van der Waals surface area (Å²) < 4.78 is 0. The summed E-state index contributed by atoms with van der Waals surface area (Å²) in [6.07, 6.45) is 3.34. The van der Waals surface area contributed by atoms with Gasteiger partial charge in [-0.1, -0.05) is 18.5 Å². The molecular formula is C11H16ClN3. The number of nitrogens with zero attached hydrogens (tertiary/aromatic N) is 3. The Morgan fingerprint density at radius 1 is 1.27 bits per heavy atom. The van der Waals surface area contributed by atoms with E-state index in [1.807, 2.05) is 6.92 Å². The molecule has 15 heavy (non-hydrogen) atoms. The predicted octanol–water partition coefficient (Wildman–Crippen LogP) is 2.60. The number of halogens is 1. The van der Waals surface area contributed by atoms with Crippen molar-refractivity contribution in [1.82, 2.24) is 9.97 Å². The molecule has 1 saturated heterocycles. The van der Waals surface area contributed by atoms with Gasteiger partial charge in [-0.05, 0) is 19.8 Å². The second-order valence-electron chi connectivity index (χ2n) is 3.93. The van der Waals surface area contributed by atoms with Crippen LogP contribution < -0.4 is 4.90 Å². The van der Waals surface area contributed by atoms with Crippen molar-refractivity contribution >= 4 is 17.4 Å². The standard InChI is InChI=1S/C11H16ClN3/c1-3-9-13-10(12)8(2)11(14-9)15-6-4-5-7-15/h3-7H2,1-2H3. The third kappa shape index (κ3) is 2.07. The number of hydrogen-bond donors (Lipinski definition) is 0. The van der Waals surface area contributed by atoms with Gasteiger partial charge in [-0.25, -0.2) is 9.97 Å². The maximum absolute atomic E-state index is 6.10. The first-order valence-corrected chi connectivity index (χ1v) is 5.88. The van der Waals surface area contributed by atoms with Crippen molar-refractivity contribution in [3.63, 3.8) is 0 Å². The Morgan fingerprint density at radius 3 is 2.53 bits per heavy atom. The van der Waals surface area contributed by atoms with Gasteiger partial charge in [0, 0.05) is 25.1 Å². The number of hydrogen-bond acceptors (Lipinski definition) is 3. The van der Waals surface area contributed by atoms with Crippen molar-refractivity contribution in [2.24, 2.45) is 0 Å². The monoisotopic (exact) mass is 225 g/mol. The van der Waals surface area contributed by atoms with E-state index in [1.54, 1.807) is 0 Å². The van der Waals surface area contributed by atoms with Gasteiger partial charge in [-0.3, -0.25) is 0 Å². The molecule has 0 spiro atoms. The molecule has 0 N–H and O–H groups in total. The zero-order chi connectivity index (χ0) is 10.8. The van der Waals surface area contributed by atoms with E-state index in [4.69, 9.17) is 11.6 Å². The van der Waals surface area contributed by atoms with Gasteiger partial charge in [-0.15, -0.1) is 0 Å². The van der Waals surface area contributed by atoms with Crippen LogP contribution in [0.4, 0.5) is 5.82 Å². The van der Waals surface area contributed by atoms with E-state index in [9.17, 15) is 0 Å². The van der Waals surface area contributed by atoms with Gasteiger partial charge in [0.2, 0.25) is 0 Å². The van der Waals surface area contributed by atoms with Crippen molar-refractivity contribution in [2.45, 2.75) is 33.1 Å². The molecule has 0 radical (unpaired) electrons. The number of aryl methyl sites for hydroxylation is 1. The summed E-state index contributed by atoms with van der Waals surface area (Å²) in [5.74, 6) is 1.87. The van der Waals surface area contributed by atoms with Gasteiger partial charge in [-0.2, -0.15) is 0 Å². The molecule has 0 aromatic carbocycles. The topological polar surface area (TPSA) is 29.0 Å². The molecule has 1 aliphatic heterocycles. The van der Waals surface area contributed by atoms with Crippen molar-refractivity contribution in [1.29, 1.82) is 0 Å². The summed E-state index contributed by atoms with van der Waals surface area (Å²) >= 11 is 6.10. The number of anilines is 1. The Kier molecular flexibility index (Phi) is 3.10. The molecule has 2 heterocycles. The highest BCUT2D eigenvalue weighted by atomic mass is 35.5. The van der Waals surface area contributed by atoms with E-state index >= 15 is 0 Å². The van der Waals surface area contributed by atoms with Crippen molar-refractivity contribution < 1.29 is 0 Å². The van der Waals surface area contributed by atoms with Crippen LogP contribution >= 0.6 is 11.6 Å². The molecule has 0 amide bonds. The Hall–Kier alpha value is -0.830. The van der Waals surface area contributed by atoms with Crippen molar-refractivity contribution in [3.05, 3.63) is 16.5 Å². The minimum absolute atomic E-state index is 0.601. The van der Waals surface area contributed by atoms with Crippen LogP contribution in [0.25, 0.3) is 0 Å². The smallest absolute Gasteiger partial charge is 0.137 e. The minimum Gasteiger partial charge on any atom is -0.356 e. The van der Waals surface area contributed by atoms with Gasteiger partial charge in [0.05, 0.1) is 0 Å². The average molecular weight is 226 g/mol. The maximum atomic E-state index is 6.10. The van der Waals surface area contributed by atoms with Crippen LogP contribution in [0, 0.1) is 6.92 Å². The van der Waals surface area contributed by atoms with Crippen molar-refractivity contribution in [2.75, 3.05) is 18.0 Å². The SMILES string of the molecule is CCc1nc(Cl)c(C)c(N2CCCC2)n1. The summed E-state index contributed by atoms with van der Waals surface area (Å²) in [5.41, 5.74) is 1.01. The Balaban J connectivity index is 2.39. The normalized spacial score (nSPS) is 16.1. The van der Waals surface area contributed by atoms with Crippen LogP contribution in [0.1, 0.15) is 31.2 Å². The lowest BCUT2D eigenvalue weighted by Crippen LogP contribution is -2.21. The second kappa shape index (κ2) is 4.35. The van der Waals surface area contributed by atoms with Gasteiger partial charge < -0.3 is 4.90 Å². The van der Waals surface area contributed by atoms with Crippen LogP contribution in [0.15, 0.2) is 0 Å². The summed E-state index contributed by atoms with van der Waals surface area (Å²) in [5, 5.41) is 0.601. The highest BCUT2D eigenvalue weighted by Crippen LogP contribution is 2.26. The quantitative estimate of drug-likeness (QED) is 0.725. The maximum Gasteiger partial charge on any atom is 0.137 e.